The number of carbonyl (C=O) groups excluding carboxylic acids is 2. The molecular weight excluding hydrogens is 500 g/mol. The summed E-state index contributed by atoms with van der Waals surface area (Å²) in [5.74, 6) is -0.752. The fraction of sp³-hybridized carbons (Fsp3) is 0.412. The highest BCUT2D eigenvalue weighted by Gasteiger charge is 2.20. The van der Waals surface area contributed by atoms with E-state index >= 15 is 0 Å². The maximum atomic E-state index is 13.3. The predicted molar refractivity (Wildman–Crippen MR) is 161 cm³/mol. The van der Waals surface area contributed by atoms with Gasteiger partial charge in [0.15, 0.2) is 0 Å². The number of hydrogen-bond acceptors (Lipinski definition) is 6. The van der Waals surface area contributed by atoms with Gasteiger partial charge in [0.2, 0.25) is 0 Å². The summed E-state index contributed by atoms with van der Waals surface area (Å²) in [5.41, 5.74) is 5.32. The van der Waals surface area contributed by atoms with Gasteiger partial charge in [0, 0.05) is 10.8 Å². The summed E-state index contributed by atoms with van der Waals surface area (Å²) in [4.78, 5) is 36.2. The minimum atomic E-state index is -0.376. The highest BCUT2D eigenvalue weighted by molar-refractivity contribution is 6.06. The highest BCUT2D eigenvalue weighted by atomic mass is 16.5. The zero-order valence-corrected chi connectivity index (χ0v) is 24.2. The van der Waals surface area contributed by atoms with E-state index in [2.05, 4.69) is 13.8 Å². The van der Waals surface area contributed by atoms with Crippen molar-refractivity contribution >= 4 is 33.7 Å². The molecular formula is C34H40N2O4. The molecule has 2 aromatic carbocycles. The van der Waals surface area contributed by atoms with Gasteiger partial charge in [-0.05, 0) is 63.1 Å². The molecule has 4 aromatic rings. The van der Waals surface area contributed by atoms with E-state index in [-0.39, 0.29) is 11.9 Å². The number of carbonyl (C=O) groups is 2. The smallest absolute Gasteiger partial charge is 0.338 e. The quantitative estimate of drug-likeness (QED) is 0.125. The average molecular weight is 541 g/mol. The zero-order chi connectivity index (χ0) is 28.5. The van der Waals surface area contributed by atoms with E-state index in [0.29, 0.717) is 46.8 Å². The number of ether oxygens (including phenoxy) is 2. The van der Waals surface area contributed by atoms with Crippen LogP contribution in [-0.2, 0) is 9.47 Å². The molecule has 0 aliphatic rings. The fourth-order valence-corrected chi connectivity index (χ4v) is 4.82. The maximum absolute atomic E-state index is 13.3. The summed E-state index contributed by atoms with van der Waals surface area (Å²) in [6.07, 6.45) is 8.22. The minimum absolute atomic E-state index is 0.376. The highest BCUT2D eigenvalue weighted by Crippen LogP contribution is 2.29. The van der Waals surface area contributed by atoms with Crippen LogP contribution < -0.4 is 0 Å². The Bertz CT molecular complexity index is 1380. The van der Waals surface area contributed by atoms with Crippen LogP contribution in [0, 0.1) is 13.8 Å². The molecule has 0 N–H and O–H groups in total. The number of benzene rings is 2. The molecule has 0 unspecified atom stereocenters. The van der Waals surface area contributed by atoms with Crippen LogP contribution in [0.5, 0.6) is 0 Å². The monoisotopic (exact) mass is 540 g/mol. The standard InChI is InChI=1S/C34H40N2O4/c1-5-7-9-11-17-39-33(37)27-21-31(35-29-15-13-23(3)19-25(27)29)32-22-28(34(38)40-18-12-10-8-6-2)26-20-24(4)14-16-30(26)36-32/h13-16,19-22H,5-12,17-18H2,1-4H3. The predicted octanol–water partition coefficient (Wildman–Crippen LogP) is 8.54. The second-order valence-electron chi connectivity index (χ2n) is 10.5. The normalized spacial score (nSPS) is 11.2. The Labute approximate surface area is 237 Å². The molecule has 4 rings (SSSR count). The second kappa shape index (κ2) is 14.0. The van der Waals surface area contributed by atoms with Crippen molar-refractivity contribution in [3.63, 3.8) is 0 Å². The van der Waals surface area contributed by atoms with Gasteiger partial charge in [0.25, 0.3) is 0 Å². The van der Waals surface area contributed by atoms with Crippen molar-refractivity contribution in [1.29, 1.82) is 0 Å². The molecule has 210 valence electrons. The first-order chi connectivity index (χ1) is 19.4. The largest absolute Gasteiger partial charge is 0.462 e. The van der Waals surface area contributed by atoms with Crippen LogP contribution in [0.3, 0.4) is 0 Å². The Morgan fingerprint density at radius 1 is 0.600 bits per heavy atom. The van der Waals surface area contributed by atoms with Crippen LogP contribution in [0.1, 0.15) is 97.1 Å². The molecule has 0 aliphatic carbocycles. The fourth-order valence-electron chi connectivity index (χ4n) is 4.82. The average Bonchev–Trinajstić information content (AvgIpc) is 2.95. The molecule has 6 heteroatoms. The van der Waals surface area contributed by atoms with Gasteiger partial charge in [0.05, 0.1) is 46.8 Å². The van der Waals surface area contributed by atoms with Gasteiger partial charge in [-0.2, -0.15) is 0 Å². The molecule has 6 nitrogen and oxygen atoms in total. The van der Waals surface area contributed by atoms with Crippen LogP contribution >= 0.6 is 0 Å². The number of pyridine rings is 2. The van der Waals surface area contributed by atoms with Crippen LogP contribution in [0.2, 0.25) is 0 Å². The minimum Gasteiger partial charge on any atom is -0.462 e. The summed E-state index contributed by atoms with van der Waals surface area (Å²) in [6.45, 7) is 9.04. The second-order valence-corrected chi connectivity index (χ2v) is 10.5. The van der Waals surface area contributed by atoms with Crippen molar-refractivity contribution in [3.05, 3.63) is 70.8 Å². The molecule has 0 bridgehead atoms. The van der Waals surface area contributed by atoms with Gasteiger partial charge in [0.1, 0.15) is 0 Å². The molecule has 40 heavy (non-hydrogen) atoms. The number of fused-ring (bicyclic) bond motifs is 2. The zero-order valence-electron chi connectivity index (χ0n) is 24.2. The van der Waals surface area contributed by atoms with E-state index in [4.69, 9.17) is 19.4 Å². The Morgan fingerprint density at radius 3 is 1.43 bits per heavy atom. The van der Waals surface area contributed by atoms with E-state index < -0.39 is 0 Å². The van der Waals surface area contributed by atoms with Crippen molar-refractivity contribution in [2.75, 3.05) is 13.2 Å². The van der Waals surface area contributed by atoms with E-state index in [9.17, 15) is 9.59 Å². The lowest BCUT2D eigenvalue weighted by molar-refractivity contribution is 0.0490. The molecule has 0 fully saturated rings. The Kier molecular flexibility index (Phi) is 10.2. The van der Waals surface area contributed by atoms with Crippen LogP contribution in [-0.4, -0.2) is 35.1 Å². The van der Waals surface area contributed by atoms with Crippen LogP contribution in [0.25, 0.3) is 33.2 Å². The third-order valence-electron chi connectivity index (χ3n) is 7.09. The number of rotatable bonds is 13. The molecule has 0 saturated carbocycles. The molecule has 0 radical (unpaired) electrons. The SMILES string of the molecule is CCCCCCOC(=O)c1cc(-c2cc(C(=O)OCCCCCC)c3cc(C)ccc3n2)nc2ccc(C)cc12. The Morgan fingerprint density at radius 2 is 1.02 bits per heavy atom. The Balaban J connectivity index is 1.73. The molecule has 2 aromatic heterocycles. The lowest BCUT2D eigenvalue weighted by atomic mass is 10.0. The van der Waals surface area contributed by atoms with Crippen LogP contribution in [0.4, 0.5) is 0 Å². The van der Waals surface area contributed by atoms with Crippen molar-refractivity contribution < 1.29 is 19.1 Å². The molecule has 0 saturated heterocycles. The van der Waals surface area contributed by atoms with Gasteiger partial charge >= 0.3 is 11.9 Å². The van der Waals surface area contributed by atoms with Gasteiger partial charge in [-0.1, -0.05) is 75.6 Å². The number of nitrogens with zero attached hydrogens (tertiary/aromatic N) is 2. The van der Waals surface area contributed by atoms with Gasteiger partial charge in [-0.15, -0.1) is 0 Å². The molecule has 0 amide bonds. The molecule has 0 aliphatic heterocycles. The first kappa shape index (κ1) is 29.2. The van der Waals surface area contributed by atoms with Gasteiger partial charge < -0.3 is 9.47 Å². The summed E-state index contributed by atoms with van der Waals surface area (Å²) in [7, 11) is 0. The van der Waals surface area contributed by atoms with Crippen molar-refractivity contribution in [1.82, 2.24) is 9.97 Å². The van der Waals surface area contributed by atoms with E-state index in [1.54, 1.807) is 12.1 Å². The lowest BCUT2D eigenvalue weighted by Gasteiger charge is -2.13. The first-order valence-electron chi connectivity index (χ1n) is 14.6. The van der Waals surface area contributed by atoms with Crippen molar-refractivity contribution in [3.8, 4) is 11.4 Å². The number of unbranched alkanes of at least 4 members (excludes halogenated alkanes) is 6. The molecule has 2 heterocycles. The topological polar surface area (TPSA) is 78.4 Å². The van der Waals surface area contributed by atoms with E-state index in [1.165, 1.54) is 0 Å². The summed E-state index contributed by atoms with van der Waals surface area (Å²) in [6, 6.07) is 15.1. The number of esters is 2. The van der Waals surface area contributed by atoms with Crippen molar-refractivity contribution in [2.45, 2.75) is 79.1 Å². The maximum Gasteiger partial charge on any atom is 0.338 e. The number of aryl methyl sites for hydroxylation is 2. The van der Waals surface area contributed by atoms with E-state index in [1.807, 2.05) is 50.2 Å². The summed E-state index contributed by atoms with van der Waals surface area (Å²) < 4.78 is 11.3. The third-order valence-corrected chi connectivity index (χ3v) is 7.09. The molecule has 0 atom stereocenters. The third kappa shape index (κ3) is 7.23. The lowest BCUT2D eigenvalue weighted by Crippen LogP contribution is -2.10. The first-order valence-corrected chi connectivity index (χ1v) is 14.6. The van der Waals surface area contributed by atoms with Crippen molar-refractivity contribution in [2.24, 2.45) is 0 Å². The molecule has 0 spiro atoms. The van der Waals surface area contributed by atoms with E-state index in [0.717, 1.165) is 73.3 Å². The summed E-state index contributed by atoms with van der Waals surface area (Å²) >= 11 is 0. The number of hydrogen-bond donors (Lipinski definition) is 0. The van der Waals surface area contributed by atoms with Gasteiger partial charge in [-0.25, -0.2) is 19.6 Å². The van der Waals surface area contributed by atoms with Gasteiger partial charge in [-0.3, -0.25) is 0 Å². The van der Waals surface area contributed by atoms with Crippen LogP contribution in [0.15, 0.2) is 48.5 Å². The number of aromatic nitrogens is 2. The summed E-state index contributed by atoms with van der Waals surface area (Å²) in [5, 5.41) is 1.48. The Hall–Kier alpha value is -3.80.